The first kappa shape index (κ1) is 20.3. The number of guanidine groups is 1. The first-order valence-electron chi connectivity index (χ1n) is 9.84. The highest BCUT2D eigenvalue weighted by Crippen LogP contribution is 2.36. The highest BCUT2D eigenvalue weighted by Gasteiger charge is 2.35. The molecule has 0 aromatic heterocycles. The van der Waals surface area contributed by atoms with Crippen molar-refractivity contribution in [2.45, 2.75) is 31.7 Å². The molecule has 0 radical (unpaired) electrons. The number of aliphatic imine (C=N–C) groups is 1. The average Bonchev–Trinajstić information content (AvgIpc) is 2.71. The first-order chi connectivity index (χ1) is 13.5. The van der Waals surface area contributed by atoms with Crippen molar-refractivity contribution in [3.63, 3.8) is 0 Å². The normalized spacial score (nSPS) is 16.6. The Morgan fingerprint density at radius 1 is 1.14 bits per heavy atom. The highest BCUT2D eigenvalue weighted by molar-refractivity contribution is 5.79. The zero-order valence-corrected chi connectivity index (χ0v) is 17.0. The number of benzene rings is 2. The zero-order valence-electron chi connectivity index (χ0n) is 17.0. The average molecular weight is 384 g/mol. The Morgan fingerprint density at radius 3 is 2.46 bits per heavy atom. The lowest BCUT2D eigenvalue weighted by molar-refractivity contribution is 0.0510. The molecule has 0 amide bonds. The molecule has 1 aliphatic heterocycles. The van der Waals surface area contributed by atoms with E-state index in [0.717, 1.165) is 44.1 Å². The minimum absolute atomic E-state index is 0.0379. The highest BCUT2D eigenvalue weighted by atomic mass is 19.1. The molecule has 0 saturated carbocycles. The van der Waals surface area contributed by atoms with Crippen LogP contribution in [0.5, 0.6) is 0 Å². The van der Waals surface area contributed by atoms with Gasteiger partial charge in [-0.3, -0.25) is 4.99 Å². The topological polar surface area (TPSA) is 36.9 Å². The van der Waals surface area contributed by atoms with Gasteiger partial charge in [0.05, 0.1) is 0 Å². The molecule has 2 aromatic rings. The van der Waals surface area contributed by atoms with Gasteiger partial charge < -0.3 is 15.0 Å². The van der Waals surface area contributed by atoms with Crippen LogP contribution in [0.4, 0.5) is 4.39 Å². The SMILES string of the molecule is CN=C(NCC1(c2ccccc2C)CCOCC1)N(C)Cc1ccc(F)cc1. The Bertz CT molecular complexity index is 798. The van der Waals surface area contributed by atoms with E-state index in [9.17, 15) is 4.39 Å². The van der Waals surface area contributed by atoms with Gasteiger partial charge in [-0.2, -0.15) is 0 Å². The van der Waals surface area contributed by atoms with Crippen molar-refractivity contribution >= 4 is 5.96 Å². The van der Waals surface area contributed by atoms with Crippen LogP contribution >= 0.6 is 0 Å². The van der Waals surface area contributed by atoms with Gasteiger partial charge in [0.25, 0.3) is 0 Å². The third-order valence-electron chi connectivity index (χ3n) is 5.66. The maximum Gasteiger partial charge on any atom is 0.193 e. The van der Waals surface area contributed by atoms with Gasteiger partial charge >= 0.3 is 0 Å². The molecule has 4 nitrogen and oxygen atoms in total. The molecule has 0 unspecified atom stereocenters. The van der Waals surface area contributed by atoms with Crippen LogP contribution in [0.15, 0.2) is 53.5 Å². The van der Waals surface area contributed by atoms with Crippen LogP contribution in [0.2, 0.25) is 0 Å². The zero-order chi connectivity index (χ0) is 20.0. The van der Waals surface area contributed by atoms with E-state index in [4.69, 9.17) is 4.74 Å². The lowest BCUT2D eigenvalue weighted by Crippen LogP contribution is -2.48. The lowest BCUT2D eigenvalue weighted by Gasteiger charge is -2.39. The molecule has 0 spiro atoms. The Morgan fingerprint density at radius 2 is 1.82 bits per heavy atom. The number of nitrogens with zero attached hydrogens (tertiary/aromatic N) is 2. The molecule has 1 fully saturated rings. The van der Waals surface area contributed by atoms with Gasteiger partial charge in [0.1, 0.15) is 5.82 Å². The van der Waals surface area contributed by atoms with Crippen LogP contribution in [-0.2, 0) is 16.7 Å². The number of ether oxygens (including phenoxy) is 1. The van der Waals surface area contributed by atoms with Gasteiger partial charge in [-0.05, 0) is 48.6 Å². The van der Waals surface area contributed by atoms with E-state index in [1.54, 1.807) is 7.05 Å². The van der Waals surface area contributed by atoms with Crippen molar-refractivity contribution in [2.24, 2.45) is 4.99 Å². The molecular formula is C23H30FN3O. The number of nitrogens with one attached hydrogen (secondary N) is 1. The molecule has 1 N–H and O–H groups in total. The standard InChI is InChI=1S/C23H30FN3O/c1-18-6-4-5-7-21(18)23(12-14-28-15-13-23)17-26-22(25-2)27(3)16-19-8-10-20(24)11-9-19/h4-11H,12-17H2,1-3H3,(H,25,26). The van der Waals surface area contributed by atoms with Crippen molar-refractivity contribution in [1.29, 1.82) is 0 Å². The van der Waals surface area contributed by atoms with Crippen LogP contribution in [0.3, 0.4) is 0 Å². The summed E-state index contributed by atoms with van der Waals surface area (Å²) in [5, 5.41) is 3.58. The number of halogens is 1. The van der Waals surface area contributed by atoms with Crippen molar-refractivity contribution in [3.8, 4) is 0 Å². The Balaban J connectivity index is 1.72. The van der Waals surface area contributed by atoms with Crippen LogP contribution in [0.25, 0.3) is 0 Å². The van der Waals surface area contributed by atoms with Crippen molar-refractivity contribution in [2.75, 3.05) is 33.9 Å². The van der Waals surface area contributed by atoms with E-state index in [-0.39, 0.29) is 11.2 Å². The molecule has 3 rings (SSSR count). The summed E-state index contributed by atoms with van der Waals surface area (Å²) in [4.78, 5) is 6.53. The molecule has 2 aromatic carbocycles. The van der Waals surface area contributed by atoms with Gasteiger partial charge in [-0.25, -0.2) is 4.39 Å². The van der Waals surface area contributed by atoms with E-state index in [0.29, 0.717) is 6.54 Å². The Kier molecular flexibility index (Phi) is 6.68. The van der Waals surface area contributed by atoms with E-state index in [2.05, 4.69) is 46.4 Å². The summed E-state index contributed by atoms with van der Waals surface area (Å²) < 4.78 is 18.8. The number of hydrogen-bond acceptors (Lipinski definition) is 2. The number of hydrogen-bond donors (Lipinski definition) is 1. The molecule has 1 saturated heterocycles. The van der Waals surface area contributed by atoms with Crippen LogP contribution in [0.1, 0.15) is 29.5 Å². The molecule has 1 aliphatic rings. The van der Waals surface area contributed by atoms with E-state index in [1.165, 1.54) is 23.3 Å². The van der Waals surface area contributed by atoms with Crippen molar-refractivity contribution < 1.29 is 9.13 Å². The predicted molar refractivity (Wildman–Crippen MR) is 112 cm³/mol. The Labute approximate surface area is 167 Å². The van der Waals surface area contributed by atoms with Gasteiger partial charge in [0, 0.05) is 45.8 Å². The maximum absolute atomic E-state index is 13.2. The first-order valence-corrected chi connectivity index (χ1v) is 9.84. The molecule has 1 heterocycles. The molecule has 0 aliphatic carbocycles. The third-order valence-corrected chi connectivity index (χ3v) is 5.66. The largest absolute Gasteiger partial charge is 0.381 e. The number of rotatable bonds is 5. The predicted octanol–water partition coefficient (Wildman–Crippen LogP) is 3.89. The third kappa shape index (κ3) is 4.71. The monoisotopic (exact) mass is 383 g/mol. The fourth-order valence-corrected chi connectivity index (χ4v) is 4.04. The van der Waals surface area contributed by atoms with E-state index < -0.39 is 0 Å². The number of aryl methyl sites for hydroxylation is 1. The van der Waals surface area contributed by atoms with Gasteiger partial charge in [0.15, 0.2) is 5.96 Å². The van der Waals surface area contributed by atoms with E-state index >= 15 is 0 Å². The van der Waals surface area contributed by atoms with Gasteiger partial charge in [0.2, 0.25) is 0 Å². The quantitative estimate of drug-likeness (QED) is 0.629. The minimum Gasteiger partial charge on any atom is -0.381 e. The maximum atomic E-state index is 13.2. The molecule has 0 atom stereocenters. The van der Waals surface area contributed by atoms with Crippen LogP contribution in [-0.4, -0.2) is 44.7 Å². The summed E-state index contributed by atoms with van der Waals surface area (Å²) in [5.41, 5.74) is 3.80. The summed E-state index contributed by atoms with van der Waals surface area (Å²) in [7, 11) is 3.80. The molecule has 28 heavy (non-hydrogen) atoms. The molecular weight excluding hydrogens is 353 g/mol. The molecule has 0 bridgehead atoms. The summed E-state index contributed by atoms with van der Waals surface area (Å²) in [6.45, 7) is 5.21. The second-order valence-electron chi connectivity index (χ2n) is 7.59. The second kappa shape index (κ2) is 9.20. The van der Waals surface area contributed by atoms with Gasteiger partial charge in [-0.15, -0.1) is 0 Å². The fraction of sp³-hybridized carbons (Fsp3) is 0.435. The Hall–Kier alpha value is -2.40. The summed E-state index contributed by atoms with van der Waals surface area (Å²) in [6, 6.07) is 15.3. The second-order valence-corrected chi connectivity index (χ2v) is 7.59. The summed E-state index contributed by atoms with van der Waals surface area (Å²) >= 11 is 0. The van der Waals surface area contributed by atoms with Crippen LogP contribution in [0, 0.1) is 12.7 Å². The van der Waals surface area contributed by atoms with Crippen LogP contribution < -0.4 is 5.32 Å². The lowest BCUT2D eigenvalue weighted by atomic mass is 9.72. The fourth-order valence-electron chi connectivity index (χ4n) is 4.04. The van der Waals surface area contributed by atoms with E-state index in [1.807, 2.05) is 19.2 Å². The molecule has 150 valence electrons. The van der Waals surface area contributed by atoms with Gasteiger partial charge in [-0.1, -0.05) is 36.4 Å². The van der Waals surface area contributed by atoms with Crippen molar-refractivity contribution in [3.05, 3.63) is 71.0 Å². The smallest absolute Gasteiger partial charge is 0.193 e. The summed E-state index contributed by atoms with van der Waals surface area (Å²) in [5.74, 6) is 0.623. The molecule has 5 heteroatoms. The minimum atomic E-state index is -0.214. The summed E-state index contributed by atoms with van der Waals surface area (Å²) in [6.07, 6.45) is 1.98. The van der Waals surface area contributed by atoms with Crippen molar-refractivity contribution in [1.82, 2.24) is 10.2 Å².